The van der Waals surface area contributed by atoms with Crippen LogP contribution in [0.15, 0.2) is 24.3 Å². The molecule has 1 fully saturated rings. The number of carbonyl (C=O) groups excluding carboxylic acids is 1. The molecule has 114 valence electrons. The van der Waals surface area contributed by atoms with E-state index in [0.29, 0.717) is 25.4 Å². The molecule has 7 heteroatoms. The fourth-order valence-electron chi connectivity index (χ4n) is 2.44. The summed E-state index contributed by atoms with van der Waals surface area (Å²) in [5.41, 5.74) is -0.148. The number of benzene rings is 1. The number of nitro groups is 1. The van der Waals surface area contributed by atoms with Crippen LogP contribution in [-0.2, 0) is 4.79 Å². The molecule has 7 nitrogen and oxygen atoms in total. The largest absolute Gasteiger partial charge is 0.477 e. The van der Waals surface area contributed by atoms with Gasteiger partial charge in [0.15, 0.2) is 12.4 Å². The van der Waals surface area contributed by atoms with Crippen LogP contribution in [0.5, 0.6) is 5.75 Å². The number of nitro benzene ring substituents is 1. The van der Waals surface area contributed by atoms with Gasteiger partial charge >= 0.3 is 5.69 Å². The van der Waals surface area contributed by atoms with Crippen molar-refractivity contribution < 1.29 is 19.6 Å². The van der Waals surface area contributed by atoms with Crippen LogP contribution >= 0.6 is 0 Å². The number of aliphatic hydroxyl groups excluding tert-OH is 1. The molecule has 1 aliphatic rings. The Balaban J connectivity index is 1.89. The van der Waals surface area contributed by atoms with Gasteiger partial charge in [-0.15, -0.1) is 0 Å². The molecule has 1 saturated heterocycles. The zero-order valence-corrected chi connectivity index (χ0v) is 11.6. The Kier molecular flexibility index (Phi) is 5.10. The molecule has 1 aromatic carbocycles. The van der Waals surface area contributed by atoms with Gasteiger partial charge < -0.3 is 14.7 Å². The van der Waals surface area contributed by atoms with Crippen molar-refractivity contribution in [2.45, 2.75) is 12.8 Å². The number of ether oxygens (including phenoxy) is 1. The van der Waals surface area contributed by atoms with Gasteiger partial charge in [-0.3, -0.25) is 14.9 Å². The first-order valence-electron chi connectivity index (χ1n) is 6.86. The molecule has 1 unspecified atom stereocenters. The van der Waals surface area contributed by atoms with Crippen LogP contribution in [-0.4, -0.2) is 47.1 Å². The van der Waals surface area contributed by atoms with E-state index in [1.54, 1.807) is 17.0 Å². The number of hydrogen-bond acceptors (Lipinski definition) is 5. The summed E-state index contributed by atoms with van der Waals surface area (Å²) < 4.78 is 5.29. The van der Waals surface area contributed by atoms with E-state index in [2.05, 4.69) is 0 Å². The summed E-state index contributed by atoms with van der Waals surface area (Å²) in [4.78, 5) is 24.0. The van der Waals surface area contributed by atoms with E-state index in [0.717, 1.165) is 6.42 Å². The van der Waals surface area contributed by atoms with E-state index in [9.17, 15) is 14.9 Å². The molecule has 0 radical (unpaired) electrons. The third-order valence-corrected chi connectivity index (χ3v) is 3.59. The molecule has 0 aromatic heterocycles. The summed E-state index contributed by atoms with van der Waals surface area (Å²) in [6.45, 7) is 1.17. The SMILES string of the molecule is O=C(COc1ccccc1[N+](=O)[O-])N1CCC(CCO)C1. The molecule has 1 atom stereocenters. The highest BCUT2D eigenvalue weighted by Gasteiger charge is 2.26. The monoisotopic (exact) mass is 294 g/mol. The summed E-state index contributed by atoms with van der Waals surface area (Å²) >= 11 is 0. The molecule has 1 aromatic rings. The highest BCUT2D eigenvalue weighted by molar-refractivity contribution is 5.78. The van der Waals surface area contributed by atoms with Gasteiger partial charge in [0.2, 0.25) is 0 Å². The maximum atomic E-state index is 12.0. The van der Waals surface area contributed by atoms with Crippen molar-refractivity contribution >= 4 is 11.6 Å². The third-order valence-electron chi connectivity index (χ3n) is 3.59. The number of carbonyl (C=O) groups is 1. The molecule has 1 heterocycles. The summed E-state index contributed by atoms with van der Waals surface area (Å²) in [6, 6.07) is 5.99. The average molecular weight is 294 g/mol. The van der Waals surface area contributed by atoms with Crippen LogP contribution in [0.3, 0.4) is 0 Å². The van der Waals surface area contributed by atoms with Crippen LogP contribution < -0.4 is 4.74 Å². The van der Waals surface area contributed by atoms with Crippen molar-refractivity contribution in [3.63, 3.8) is 0 Å². The highest BCUT2D eigenvalue weighted by Crippen LogP contribution is 2.26. The van der Waals surface area contributed by atoms with Gasteiger partial charge in [-0.1, -0.05) is 12.1 Å². The van der Waals surface area contributed by atoms with E-state index in [1.165, 1.54) is 12.1 Å². The van der Waals surface area contributed by atoms with Gasteiger partial charge in [0, 0.05) is 25.8 Å². The number of rotatable bonds is 6. The maximum Gasteiger partial charge on any atom is 0.310 e. The average Bonchev–Trinajstić information content (AvgIpc) is 2.94. The Bertz CT molecular complexity index is 520. The number of amides is 1. The van der Waals surface area contributed by atoms with Gasteiger partial charge in [-0.05, 0) is 24.8 Å². The second kappa shape index (κ2) is 7.03. The number of likely N-dealkylation sites (tertiary alicyclic amines) is 1. The van der Waals surface area contributed by atoms with Crippen molar-refractivity contribution in [1.82, 2.24) is 4.90 Å². The number of aliphatic hydroxyl groups is 1. The van der Waals surface area contributed by atoms with Gasteiger partial charge in [0.05, 0.1) is 4.92 Å². The van der Waals surface area contributed by atoms with Gasteiger partial charge in [0.1, 0.15) is 0 Å². The lowest BCUT2D eigenvalue weighted by molar-refractivity contribution is -0.385. The second-order valence-electron chi connectivity index (χ2n) is 5.02. The molecule has 0 spiro atoms. The molecule has 2 rings (SSSR count). The lowest BCUT2D eigenvalue weighted by atomic mass is 10.1. The minimum absolute atomic E-state index is 0.0990. The zero-order chi connectivity index (χ0) is 15.2. The predicted molar refractivity (Wildman–Crippen MR) is 75.0 cm³/mol. The van der Waals surface area contributed by atoms with Crippen molar-refractivity contribution in [3.05, 3.63) is 34.4 Å². The Labute approximate surface area is 122 Å². The molecule has 21 heavy (non-hydrogen) atoms. The number of nitrogens with zero attached hydrogens (tertiary/aromatic N) is 2. The summed E-state index contributed by atoms with van der Waals surface area (Å²) in [6.07, 6.45) is 1.56. The smallest absolute Gasteiger partial charge is 0.310 e. The third kappa shape index (κ3) is 3.91. The lowest BCUT2D eigenvalue weighted by Gasteiger charge is -2.16. The maximum absolute atomic E-state index is 12.0. The molecular formula is C14H18N2O5. The quantitative estimate of drug-likeness (QED) is 0.628. The van der Waals surface area contributed by atoms with Gasteiger partial charge in [-0.25, -0.2) is 0 Å². The van der Waals surface area contributed by atoms with Crippen molar-refractivity contribution in [3.8, 4) is 5.75 Å². The second-order valence-corrected chi connectivity index (χ2v) is 5.02. The molecule has 1 aliphatic heterocycles. The summed E-state index contributed by atoms with van der Waals surface area (Å²) in [7, 11) is 0. The molecule has 0 bridgehead atoms. The van der Waals surface area contributed by atoms with Crippen LogP contribution in [0.25, 0.3) is 0 Å². The van der Waals surface area contributed by atoms with Crippen LogP contribution in [0, 0.1) is 16.0 Å². The van der Waals surface area contributed by atoms with E-state index < -0.39 is 4.92 Å². The Morgan fingerprint density at radius 1 is 1.48 bits per heavy atom. The lowest BCUT2D eigenvalue weighted by Crippen LogP contribution is -2.33. The van der Waals surface area contributed by atoms with E-state index in [-0.39, 0.29) is 30.6 Å². The summed E-state index contributed by atoms with van der Waals surface area (Å²) in [5.74, 6) is 0.237. The van der Waals surface area contributed by atoms with Crippen LogP contribution in [0.2, 0.25) is 0 Å². The van der Waals surface area contributed by atoms with Crippen LogP contribution in [0.4, 0.5) is 5.69 Å². The summed E-state index contributed by atoms with van der Waals surface area (Å²) in [5, 5.41) is 19.7. The molecule has 0 saturated carbocycles. The molecule has 1 N–H and O–H groups in total. The first-order chi connectivity index (χ1) is 10.1. The first kappa shape index (κ1) is 15.2. The Morgan fingerprint density at radius 3 is 2.95 bits per heavy atom. The topological polar surface area (TPSA) is 92.9 Å². The Morgan fingerprint density at radius 2 is 2.24 bits per heavy atom. The Hall–Kier alpha value is -2.15. The predicted octanol–water partition coefficient (Wildman–Crippen LogP) is 1.20. The molecule has 0 aliphatic carbocycles. The standard InChI is InChI=1S/C14H18N2O5/c17-8-6-11-5-7-15(9-11)14(18)10-21-13-4-2-1-3-12(13)16(19)20/h1-4,11,17H,5-10H2. The van der Waals surface area contributed by atoms with E-state index >= 15 is 0 Å². The number of para-hydroxylation sites is 2. The molecule has 1 amide bonds. The van der Waals surface area contributed by atoms with Crippen molar-refractivity contribution in [2.75, 3.05) is 26.3 Å². The van der Waals surface area contributed by atoms with E-state index in [1.807, 2.05) is 0 Å². The zero-order valence-electron chi connectivity index (χ0n) is 11.6. The molecular weight excluding hydrogens is 276 g/mol. The fraction of sp³-hybridized carbons (Fsp3) is 0.500. The fourth-order valence-corrected chi connectivity index (χ4v) is 2.44. The van der Waals surface area contributed by atoms with Crippen LogP contribution in [0.1, 0.15) is 12.8 Å². The van der Waals surface area contributed by atoms with Crippen molar-refractivity contribution in [1.29, 1.82) is 0 Å². The van der Waals surface area contributed by atoms with E-state index in [4.69, 9.17) is 9.84 Å². The minimum atomic E-state index is -0.535. The first-order valence-corrected chi connectivity index (χ1v) is 6.86. The number of hydrogen-bond donors (Lipinski definition) is 1. The minimum Gasteiger partial charge on any atom is -0.477 e. The van der Waals surface area contributed by atoms with Gasteiger partial charge in [0.25, 0.3) is 5.91 Å². The van der Waals surface area contributed by atoms with Crippen molar-refractivity contribution in [2.24, 2.45) is 5.92 Å². The van der Waals surface area contributed by atoms with Gasteiger partial charge in [-0.2, -0.15) is 0 Å². The highest BCUT2D eigenvalue weighted by atomic mass is 16.6. The normalized spacial score (nSPS) is 17.8.